The molecule has 0 aliphatic rings. The zero-order valence-corrected chi connectivity index (χ0v) is 13.3. The Morgan fingerprint density at radius 3 is 2.68 bits per heavy atom. The van der Waals surface area contributed by atoms with E-state index in [4.69, 9.17) is 9.47 Å². The topological polar surface area (TPSA) is 54.1 Å². The van der Waals surface area contributed by atoms with Gasteiger partial charge in [-0.25, -0.2) is 4.98 Å². The number of hydrogen-bond donors (Lipinski definition) is 0. The number of hydrogen-bond acceptors (Lipinski definition) is 4. The first kappa shape index (κ1) is 14.7. The molecule has 0 N–H and O–H groups in total. The Balaban J connectivity index is 2.08. The van der Waals surface area contributed by atoms with Crippen molar-refractivity contribution in [1.29, 1.82) is 0 Å². The molecule has 0 bridgehead atoms. The summed E-state index contributed by atoms with van der Waals surface area (Å²) < 4.78 is 14.7. The zero-order valence-electron chi connectivity index (χ0n) is 13.3. The van der Waals surface area contributed by atoms with Crippen molar-refractivity contribution in [3.8, 4) is 11.1 Å². The lowest BCUT2D eigenvalue weighted by atomic mass is 10.1. The van der Waals surface area contributed by atoms with Gasteiger partial charge in [0, 0.05) is 55.9 Å². The molecule has 3 rings (SSSR count). The van der Waals surface area contributed by atoms with E-state index in [1.807, 2.05) is 43.3 Å². The maximum Gasteiger partial charge on any atom is 0.245 e. The summed E-state index contributed by atoms with van der Waals surface area (Å²) in [6.07, 6.45) is 7.22. The summed E-state index contributed by atoms with van der Waals surface area (Å²) in [5, 5.41) is 5.30. The molecule has 0 spiro atoms. The van der Waals surface area contributed by atoms with Crippen molar-refractivity contribution in [2.24, 2.45) is 7.05 Å². The number of rotatable bonds is 5. The van der Waals surface area contributed by atoms with Crippen LogP contribution in [-0.4, -0.2) is 33.0 Å². The molecule has 116 valence electrons. The monoisotopic (exact) mass is 300 g/mol. The lowest BCUT2D eigenvalue weighted by Crippen LogP contribution is -2.14. The van der Waals surface area contributed by atoms with Crippen LogP contribution in [0.15, 0.2) is 30.9 Å². The lowest BCUT2D eigenvalue weighted by Gasteiger charge is -2.17. The molecule has 1 atom stereocenters. The van der Waals surface area contributed by atoms with E-state index in [1.54, 1.807) is 11.8 Å². The van der Waals surface area contributed by atoms with Crippen molar-refractivity contribution in [2.75, 3.05) is 13.7 Å². The Morgan fingerprint density at radius 2 is 2.05 bits per heavy atom. The Morgan fingerprint density at radius 1 is 1.23 bits per heavy atom. The third-order valence-corrected chi connectivity index (χ3v) is 3.65. The third-order valence-electron chi connectivity index (χ3n) is 3.65. The fourth-order valence-corrected chi connectivity index (χ4v) is 2.59. The average molecular weight is 300 g/mol. The van der Waals surface area contributed by atoms with Crippen molar-refractivity contribution in [3.63, 3.8) is 0 Å². The Hall–Kier alpha value is -2.18. The summed E-state index contributed by atoms with van der Waals surface area (Å²) in [6.45, 7) is 4.58. The van der Waals surface area contributed by atoms with Gasteiger partial charge < -0.3 is 9.47 Å². The van der Waals surface area contributed by atoms with E-state index in [-0.39, 0.29) is 0 Å². The molecular weight excluding hydrogens is 280 g/mol. The maximum absolute atomic E-state index is 5.60. The van der Waals surface area contributed by atoms with Crippen LogP contribution in [0.3, 0.4) is 0 Å². The van der Waals surface area contributed by atoms with Crippen LogP contribution in [0.2, 0.25) is 0 Å². The zero-order chi connectivity index (χ0) is 15.7. The van der Waals surface area contributed by atoms with Gasteiger partial charge in [-0.15, -0.1) is 0 Å². The summed E-state index contributed by atoms with van der Waals surface area (Å²) in [4.78, 5) is 4.60. The standard InChI is InChI=1S/C16H20N4O2/c1-5-22-16(21-4)20-9-11(2)14-6-12(7-17-15(14)20)13-8-18-19(3)10-13/h6-10,16H,5H2,1-4H3. The molecule has 3 aromatic rings. The van der Waals surface area contributed by atoms with Crippen LogP contribution in [0, 0.1) is 6.92 Å². The fourth-order valence-electron chi connectivity index (χ4n) is 2.59. The van der Waals surface area contributed by atoms with E-state index in [0.29, 0.717) is 6.61 Å². The van der Waals surface area contributed by atoms with Crippen molar-refractivity contribution in [3.05, 3.63) is 36.4 Å². The molecule has 22 heavy (non-hydrogen) atoms. The minimum Gasteiger partial charge on any atom is -0.338 e. The number of aryl methyl sites for hydroxylation is 2. The molecule has 0 saturated carbocycles. The van der Waals surface area contributed by atoms with Crippen LogP contribution < -0.4 is 0 Å². The van der Waals surface area contributed by atoms with E-state index < -0.39 is 6.41 Å². The normalized spacial score (nSPS) is 12.9. The number of fused-ring (bicyclic) bond motifs is 1. The van der Waals surface area contributed by atoms with Crippen LogP contribution in [0.4, 0.5) is 0 Å². The largest absolute Gasteiger partial charge is 0.338 e. The molecule has 0 aliphatic carbocycles. The number of ether oxygens (including phenoxy) is 2. The molecule has 6 nitrogen and oxygen atoms in total. The van der Waals surface area contributed by atoms with E-state index in [0.717, 1.165) is 27.7 Å². The SMILES string of the molecule is CCOC(OC)n1cc(C)c2cc(-c3cnn(C)c3)cnc21. The number of pyridine rings is 1. The first-order valence-electron chi connectivity index (χ1n) is 7.24. The predicted octanol–water partition coefficient (Wildman–Crippen LogP) is 2.88. The second-order valence-electron chi connectivity index (χ2n) is 5.22. The van der Waals surface area contributed by atoms with Gasteiger partial charge in [0.05, 0.1) is 6.20 Å². The van der Waals surface area contributed by atoms with Gasteiger partial charge in [-0.05, 0) is 25.5 Å². The van der Waals surface area contributed by atoms with E-state index in [9.17, 15) is 0 Å². The molecule has 0 aromatic carbocycles. The Bertz CT molecular complexity index is 791. The number of nitrogens with zero attached hydrogens (tertiary/aromatic N) is 4. The molecule has 3 heterocycles. The lowest BCUT2D eigenvalue weighted by molar-refractivity contribution is -0.169. The van der Waals surface area contributed by atoms with Crippen molar-refractivity contribution < 1.29 is 9.47 Å². The second kappa shape index (κ2) is 5.90. The highest BCUT2D eigenvalue weighted by Crippen LogP contribution is 2.28. The maximum atomic E-state index is 5.60. The van der Waals surface area contributed by atoms with Gasteiger partial charge in [0.1, 0.15) is 5.65 Å². The van der Waals surface area contributed by atoms with E-state index >= 15 is 0 Å². The number of methoxy groups -OCH3 is 1. The summed E-state index contributed by atoms with van der Waals surface area (Å²) in [7, 11) is 3.54. The summed E-state index contributed by atoms with van der Waals surface area (Å²) in [5.41, 5.74) is 4.09. The molecule has 0 aliphatic heterocycles. The molecule has 0 amide bonds. The van der Waals surface area contributed by atoms with Crippen LogP contribution >= 0.6 is 0 Å². The molecule has 0 saturated heterocycles. The smallest absolute Gasteiger partial charge is 0.245 e. The summed E-state index contributed by atoms with van der Waals surface area (Å²) >= 11 is 0. The molecule has 0 radical (unpaired) electrons. The van der Waals surface area contributed by atoms with E-state index in [1.165, 1.54) is 0 Å². The molecule has 6 heteroatoms. The summed E-state index contributed by atoms with van der Waals surface area (Å²) in [5.74, 6) is 0. The van der Waals surface area contributed by atoms with Crippen LogP contribution in [0.5, 0.6) is 0 Å². The third kappa shape index (κ3) is 2.51. The van der Waals surface area contributed by atoms with Gasteiger partial charge in [0.15, 0.2) is 0 Å². The quantitative estimate of drug-likeness (QED) is 0.680. The van der Waals surface area contributed by atoms with Crippen molar-refractivity contribution >= 4 is 11.0 Å². The van der Waals surface area contributed by atoms with Crippen LogP contribution in [-0.2, 0) is 16.5 Å². The summed E-state index contributed by atoms with van der Waals surface area (Å²) in [6, 6.07) is 2.13. The molecule has 3 aromatic heterocycles. The molecule has 0 fully saturated rings. The second-order valence-corrected chi connectivity index (χ2v) is 5.22. The Kier molecular flexibility index (Phi) is 3.96. The van der Waals surface area contributed by atoms with Crippen LogP contribution in [0.25, 0.3) is 22.2 Å². The first-order chi connectivity index (χ1) is 10.6. The van der Waals surface area contributed by atoms with Crippen molar-refractivity contribution in [2.45, 2.75) is 20.3 Å². The Labute approximate surface area is 129 Å². The predicted molar refractivity (Wildman–Crippen MR) is 84.3 cm³/mol. The first-order valence-corrected chi connectivity index (χ1v) is 7.24. The highest BCUT2D eigenvalue weighted by molar-refractivity contribution is 5.84. The fraction of sp³-hybridized carbons (Fsp3) is 0.375. The highest BCUT2D eigenvalue weighted by Gasteiger charge is 2.16. The van der Waals surface area contributed by atoms with Gasteiger partial charge in [0.2, 0.25) is 6.41 Å². The average Bonchev–Trinajstić information content (AvgIpc) is 3.09. The number of aromatic nitrogens is 4. The minimum absolute atomic E-state index is 0.460. The van der Waals surface area contributed by atoms with Gasteiger partial charge in [0.25, 0.3) is 0 Å². The highest BCUT2D eigenvalue weighted by atomic mass is 16.7. The van der Waals surface area contributed by atoms with Crippen molar-refractivity contribution in [1.82, 2.24) is 19.3 Å². The van der Waals surface area contributed by atoms with Gasteiger partial charge >= 0.3 is 0 Å². The molecule has 1 unspecified atom stereocenters. The van der Waals surface area contributed by atoms with Gasteiger partial charge in [-0.1, -0.05) is 0 Å². The van der Waals surface area contributed by atoms with Crippen LogP contribution in [0.1, 0.15) is 18.9 Å². The van der Waals surface area contributed by atoms with E-state index in [2.05, 4.69) is 23.1 Å². The van der Waals surface area contributed by atoms with Gasteiger partial charge in [-0.2, -0.15) is 5.10 Å². The molecular formula is C16H20N4O2. The minimum atomic E-state index is -0.460. The van der Waals surface area contributed by atoms with Gasteiger partial charge in [-0.3, -0.25) is 9.25 Å².